The largest absolute Gasteiger partial charge is 0.369 e. The summed E-state index contributed by atoms with van der Waals surface area (Å²) in [7, 11) is 0. The molecule has 2 amide bonds. The summed E-state index contributed by atoms with van der Waals surface area (Å²) in [6.07, 6.45) is 6.47. The minimum Gasteiger partial charge on any atom is -0.369 e. The van der Waals surface area contributed by atoms with Gasteiger partial charge in [-0.2, -0.15) is 0 Å². The highest BCUT2D eigenvalue weighted by atomic mass is 35.5. The van der Waals surface area contributed by atoms with Crippen LogP contribution in [-0.2, 0) is 9.59 Å². The van der Waals surface area contributed by atoms with Gasteiger partial charge < -0.3 is 16.4 Å². The Morgan fingerprint density at radius 1 is 1.20 bits per heavy atom. The van der Waals surface area contributed by atoms with Crippen molar-refractivity contribution in [3.05, 3.63) is 0 Å². The zero-order chi connectivity index (χ0) is 13.7. The van der Waals surface area contributed by atoms with E-state index in [0.717, 1.165) is 45.2 Å². The number of nitrogens with one attached hydrogen (secondary N) is 2. The smallest absolute Gasteiger partial charge is 0.222 e. The van der Waals surface area contributed by atoms with E-state index < -0.39 is 0 Å². The van der Waals surface area contributed by atoms with Gasteiger partial charge in [0.05, 0.1) is 5.92 Å². The molecule has 2 aliphatic rings. The van der Waals surface area contributed by atoms with Crippen LogP contribution in [0.25, 0.3) is 0 Å². The molecule has 2 rings (SSSR count). The number of halogens is 1. The van der Waals surface area contributed by atoms with Crippen molar-refractivity contribution >= 4 is 24.2 Å². The molecule has 1 saturated heterocycles. The first-order valence-corrected chi connectivity index (χ1v) is 7.46. The molecule has 6 heteroatoms. The molecule has 2 fully saturated rings. The minimum absolute atomic E-state index is 0. The van der Waals surface area contributed by atoms with Crippen LogP contribution >= 0.6 is 12.4 Å². The number of carbonyl (C=O) groups excluding carboxylic acids is 2. The lowest BCUT2D eigenvalue weighted by Gasteiger charge is -2.30. The second-order valence-corrected chi connectivity index (χ2v) is 5.86. The first-order valence-electron chi connectivity index (χ1n) is 7.46. The Morgan fingerprint density at radius 2 is 1.95 bits per heavy atom. The monoisotopic (exact) mass is 303 g/mol. The second-order valence-electron chi connectivity index (χ2n) is 5.86. The van der Waals surface area contributed by atoms with Gasteiger partial charge in [0.25, 0.3) is 0 Å². The van der Waals surface area contributed by atoms with Crippen molar-refractivity contribution in [1.82, 2.24) is 10.6 Å². The number of hydrogen-bond donors (Lipinski definition) is 3. The van der Waals surface area contributed by atoms with Gasteiger partial charge in [-0.05, 0) is 44.7 Å². The fraction of sp³-hybridized carbons (Fsp3) is 0.857. The Morgan fingerprint density at radius 3 is 2.60 bits per heavy atom. The Labute approximate surface area is 126 Å². The maximum absolute atomic E-state index is 12.0. The molecule has 0 bridgehead atoms. The lowest BCUT2D eigenvalue weighted by Crippen LogP contribution is -2.47. The van der Waals surface area contributed by atoms with E-state index in [1.807, 2.05) is 0 Å². The standard InChI is InChI=1S/C14H25N3O2.ClH/c15-14(19)11-3-1-2-4-12(11)17-13(18)6-5-10-7-8-16-9-10;/h10-12,16H,1-9H2,(H2,15,19)(H,17,18);1H. The van der Waals surface area contributed by atoms with Crippen LogP contribution in [0.4, 0.5) is 0 Å². The molecule has 3 atom stereocenters. The van der Waals surface area contributed by atoms with Gasteiger partial charge in [-0.1, -0.05) is 12.8 Å². The summed E-state index contributed by atoms with van der Waals surface area (Å²) in [6.45, 7) is 2.10. The fourth-order valence-corrected chi connectivity index (χ4v) is 3.22. The molecule has 1 aliphatic heterocycles. The number of carbonyl (C=O) groups is 2. The second kappa shape index (κ2) is 8.47. The lowest BCUT2D eigenvalue weighted by molar-refractivity contribution is -0.126. The van der Waals surface area contributed by atoms with Crippen LogP contribution in [0, 0.1) is 11.8 Å². The third-order valence-corrected chi connectivity index (χ3v) is 4.42. The molecule has 0 radical (unpaired) electrons. The van der Waals surface area contributed by atoms with Crippen LogP contribution in [0.2, 0.25) is 0 Å². The van der Waals surface area contributed by atoms with Gasteiger partial charge >= 0.3 is 0 Å². The van der Waals surface area contributed by atoms with E-state index in [-0.39, 0.29) is 36.2 Å². The van der Waals surface area contributed by atoms with Gasteiger partial charge in [0.1, 0.15) is 0 Å². The van der Waals surface area contributed by atoms with E-state index in [0.29, 0.717) is 12.3 Å². The molecular formula is C14H26ClN3O2. The summed E-state index contributed by atoms with van der Waals surface area (Å²) in [5.74, 6) is 0.255. The third kappa shape index (κ3) is 4.94. The quantitative estimate of drug-likeness (QED) is 0.707. The summed E-state index contributed by atoms with van der Waals surface area (Å²) < 4.78 is 0. The molecule has 0 aromatic heterocycles. The number of rotatable bonds is 5. The van der Waals surface area contributed by atoms with Crippen molar-refractivity contribution in [2.45, 2.75) is 51.0 Å². The first kappa shape index (κ1) is 17.2. The molecular weight excluding hydrogens is 278 g/mol. The van der Waals surface area contributed by atoms with Crippen molar-refractivity contribution in [2.75, 3.05) is 13.1 Å². The van der Waals surface area contributed by atoms with E-state index in [4.69, 9.17) is 5.73 Å². The summed E-state index contributed by atoms with van der Waals surface area (Å²) in [6, 6.07) is -0.0412. The molecule has 0 aromatic rings. The maximum atomic E-state index is 12.0. The van der Waals surface area contributed by atoms with Crippen LogP contribution < -0.4 is 16.4 Å². The average molecular weight is 304 g/mol. The third-order valence-electron chi connectivity index (χ3n) is 4.42. The highest BCUT2D eigenvalue weighted by Crippen LogP contribution is 2.24. The SMILES string of the molecule is Cl.NC(=O)C1CCCCC1NC(=O)CCC1CCNC1. The molecule has 20 heavy (non-hydrogen) atoms. The van der Waals surface area contributed by atoms with Crippen molar-refractivity contribution in [3.8, 4) is 0 Å². The van der Waals surface area contributed by atoms with E-state index >= 15 is 0 Å². The molecule has 116 valence electrons. The average Bonchev–Trinajstić information content (AvgIpc) is 2.90. The van der Waals surface area contributed by atoms with Crippen molar-refractivity contribution < 1.29 is 9.59 Å². The minimum atomic E-state index is -0.273. The number of hydrogen-bond acceptors (Lipinski definition) is 3. The van der Waals surface area contributed by atoms with Gasteiger partial charge in [-0.3, -0.25) is 9.59 Å². The van der Waals surface area contributed by atoms with Gasteiger partial charge in [0.15, 0.2) is 0 Å². The first-order chi connectivity index (χ1) is 9.16. The summed E-state index contributed by atoms with van der Waals surface area (Å²) in [5, 5.41) is 6.32. The zero-order valence-corrected chi connectivity index (χ0v) is 12.7. The predicted octanol–water partition coefficient (Wildman–Crippen LogP) is 0.958. The van der Waals surface area contributed by atoms with E-state index in [2.05, 4.69) is 10.6 Å². The van der Waals surface area contributed by atoms with Crippen LogP contribution in [0.3, 0.4) is 0 Å². The Hall–Kier alpha value is -0.810. The highest BCUT2D eigenvalue weighted by Gasteiger charge is 2.30. The van der Waals surface area contributed by atoms with Crippen molar-refractivity contribution in [3.63, 3.8) is 0 Å². The number of nitrogens with two attached hydrogens (primary N) is 1. The maximum Gasteiger partial charge on any atom is 0.222 e. The molecule has 4 N–H and O–H groups in total. The van der Waals surface area contributed by atoms with Gasteiger partial charge in [-0.25, -0.2) is 0 Å². The molecule has 0 spiro atoms. The van der Waals surface area contributed by atoms with Gasteiger partial charge in [-0.15, -0.1) is 12.4 Å². The van der Waals surface area contributed by atoms with Crippen molar-refractivity contribution in [1.29, 1.82) is 0 Å². The van der Waals surface area contributed by atoms with Crippen LogP contribution in [0.15, 0.2) is 0 Å². The van der Waals surface area contributed by atoms with E-state index in [1.54, 1.807) is 0 Å². The molecule has 0 aromatic carbocycles. The summed E-state index contributed by atoms with van der Waals surface area (Å²) in [4.78, 5) is 23.3. The predicted molar refractivity (Wildman–Crippen MR) is 80.5 cm³/mol. The summed E-state index contributed by atoms with van der Waals surface area (Å²) >= 11 is 0. The fourth-order valence-electron chi connectivity index (χ4n) is 3.22. The lowest BCUT2D eigenvalue weighted by atomic mass is 9.84. The highest BCUT2D eigenvalue weighted by molar-refractivity contribution is 5.85. The number of amides is 2. The summed E-state index contributed by atoms with van der Waals surface area (Å²) in [5.41, 5.74) is 5.41. The Bertz CT molecular complexity index is 332. The van der Waals surface area contributed by atoms with E-state index in [1.165, 1.54) is 6.42 Å². The van der Waals surface area contributed by atoms with Crippen LogP contribution in [0.5, 0.6) is 0 Å². The zero-order valence-electron chi connectivity index (χ0n) is 11.9. The molecule has 1 aliphatic carbocycles. The number of primary amides is 1. The van der Waals surface area contributed by atoms with Gasteiger partial charge in [0, 0.05) is 12.5 Å². The molecule has 1 heterocycles. The topological polar surface area (TPSA) is 84.2 Å². The van der Waals surface area contributed by atoms with Crippen LogP contribution in [0.1, 0.15) is 44.9 Å². The molecule has 3 unspecified atom stereocenters. The van der Waals surface area contributed by atoms with Crippen LogP contribution in [-0.4, -0.2) is 30.9 Å². The van der Waals surface area contributed by atoms with Gasteiger partial charge in [0.2, 0.25) is 11.8 Å². The Balaban J connectivity index is 0.00000200. The molecule has 5 nitrogen and oxygen atoms in total. The van der Waals surface area contributed by atoms with E-state index in [9.17, 15) is 9.59 Å². The molecule has 1 saturated carbocycles. The van der Waals surface area contributed by atoms with Crippen molar-refractivity contribution in [2.24, 2.45) is 17.6 Å². The normalized spacial score (nSPS) is 29.5. The Kier molecular flexibility index (Phi) is 7.30.